The van der Waals surface area contributed by atoms with Crippen LogP contribution in [0.1, 0.15) is 305 Å². The number of benzene rings is 12. The zero-order valence-corrected chi connectivity index (χ0v) is 72.7. The van der Waals surface area contributed by atoms with Crippen molar-refractivity contribution in [3.8, 4) is 66.8 Å². The number of fused-ring (bicyclic) bond motifs is 29. The quantitative estimate of drug-likeness (QED) is 0.0394. The Kier molecular flexibility index (Phi) is 20.1. The van der Waals surface area contributed by atoms with Crippen LogP contribution in [0.5, 0.6) is 0 Å². The Morgan fingerprint density at radius 1 is 0.244 bits per heavy atom. The number of rotatable bonds is 32. The van der Waals surface area contributed by atoms with Crippen molar-refractivity contribution in [2.45, 2.75) is 276 Å². The van der Waals surface area contributed by atoms with Crippen LogP contribution in [0.15, 0.2) is 226 Å². The second-order valence-corrected chi connectivity index (χ2v) is 38.4. The van der Waals surface area contributed by atoms with E-state index in [0.717, 1.165) is 70.1 Å². The number of hydrogen-bond donors (Lipinski definition) is 0. The van der Waals surface area contributed by atoms with Crippen molar-refractivity contribution in [1.29, 1.82) is 0 Å². The van der Waals surface area contributed by atoms with Gasteiger partial charge in [0.25, 0.3) is 0 Å². The van der Waals surface area contributed by atoms with Gasteiger partial charge in [0.05, 0.1) is 0 Å². The lowest BCUT2D eigenvalue weighted by molar-refractivity contribution is 0.394. The lowest BCUT2D eigenvalue weighted by Gasteiger charge is -2.35. The molecule has 5 aliphatic carbocycles. The fraction of sp³-hybridized carbons (Fsp3) is 0.374. The predicted molar refractivity (Wildman–Crippen MR) is 505 cm³/mol. The molecule has 20 rings (SSSR count). The molecule has 0 aliphatic heterocycles. The van der Waals surface area contributed by atoms with Crippen molar-refractivity contribution in [1.82, 2.24) is 0 Å². The number of para-hydroxylation sites is 3. The summed E-state index contributed by atoms with van der Waals surface area (Å²) in [6.07, 6.45) is 35.1. The van der Waals surface area contributed by atoms with Crippen LogP contribution in [0.4, 0.5) is 17.1 Å². The van der Waals surface area contributed by atoms with Gasteiger partial charge in [0, 0.05) is 87.6 Å². The maximum Gasteiger partial charge on any atom is 0.144 e. The van der Waals surface area contributed by atoms with Crippen LogP contribution >= 0.6 is 0 Å². The van der Waals surface area contributed by atoms with Gasteiger partial charge in [0.2, 0.25) is 0 Å². The minimum Gasteiger partial charge on any atom is -0.456 e. The van der Waals surface area contributed by atoms with Crippen LogP contribution < -0.4 is 4.90 Å². The van der Waals surface area contributed by atoms with Gasteiger partial charge in [0.15, 0.2) is 0 Å². The number of furan rings is 3. The van der Waals surface area contributed by atoms with E-state index in [1.807, 2.05) is 0 Å². The summed E-state index contributed by atoms with van der Waals surface area (Å²) in [4.78, 5) is 2.72. The van der Waals surface area contributed by atoms with E-state index in [0.29, 0.717) is 0 Å². The molecule has 604 valence electrons. The van der Waals surface area contributed by atoms with Crippen molar-refractivity contribution in [2.24, 2.45) is 0 Å². The average molecular weight is 1570 g/mol. The second kappa shape index (κ2) is 30.8. The summed E-state index contributed by atoms with van der Waals surface area (Å²) >= 11 is 0. The summed E-state index contributed by atoms with van der Waals surface area (Å²) in [5.74, 6) is 0. The SMILES string of the molecule is CCCCCCCCC1(CCCCCCCC)c2cc(N(c3ccc4c(c3)C(C)(C)c3cc(-c5ccccc5)c5oc6ccccc6c5c3-4)c3ccc4c(c3)C(C)(C)c3c5c(c6oc7ccccc7c6c3-4)-c3ccccc3C5(C)C)ccc2-c2cc3c(cc21)-c1c(ccc2oc4ccccc4c12)C3(CCCCCCCC)CCCCCCCC. The fourth-order valence-corrected chi connectivity index (χ4v) is 24.2. The summed E-state index contributed by atoms with van der Waals surface area (Å²) in [6, 6.07) is 83.1. The molecule has 15 aromatic rings. The summed E-state index contributed by atoms with van der Waals surface area (Å²) < 4.78 is 21.4. The van der Waals surface area contributed by atoms with E-state index in [9.17, 15) is 0 Å². The third-order valence-corrected chi connectivity index (χ3v) is 30.2. The minimum absolute atomic E-state index is 0.139. The molecule has 3 heterocycles. The number of unbranched alkanes of at least 4 members (excludes halogenated alkanes) is 20. The molecule has 0 fully saturated rings. The molecule has 3 aromatic heterocycles. The maximum atomic E-state index is 7.27. The zero-order valence-electron chi connectivity index (χ0n) is 72.7. The Labute approximate surface area is 707 Å². The largest absolute Gasteiger partial charge is 0.456 e. The van der Waals surface area contributed by atoms with E-state index in [4.69, 9.17) is 13.3 Å². The minimum atomic E-state index is -0.408. The third kappa shape index (κ3) is 12.3. The van der Waals surface area contributed by atoms with E-state index in [1.54, 1.807) is 16.7 Å². The van der Waals surface area contributed by atoms with Crippen molar-refractivity contribution < 1.29 is 13.3 Å². The maximum absolute atomic E-state index is 7.27. The first-order valence-corrected chi connectivity index (χ1v) is 46.7. The molecule has 0 atom stereocenters. The molecule has 12 aromatic carbocycles. The van der Waals surface area contributed by atoms with E-state index < -0.39 is 5.41 Å². The molecule has 0 saturated carbocycles. The van der Waals surface area contributed by atoms with Crippen LogP contribution in [0.2, 0.25) is 0 Å². The van der Waals surface area contributed by atoms with Crippen LogP contribution in [-0.4, -0.2) is 0 Å². The Morgan fingerprint density at radius 3 is 1.22 bits per heavy atom. The van der Waals surface area contributed by atoms with Gasteiger partial charge >= 0.3 is 0 Å². The summed E-state index contributed by atoms with van der Waals surface area (Å²) in [7, 11) is 0. The Morgan fingerprint density at radius 2 is 0.639 bits per heavy atom. The van der Waals surface area contributed by atoms with Gasteiger partial charge in [0.1, 0.15) is 33.5 Å². The summed E-state index contributed by atoms with van der Waals surface area (Å²) in [5.41, 5.74) is 38.3. The predicted octanol–water partition coefficient (Wildman–Crippen LogP) is 35.0. The number of nitrogens with zero attached hydrogens (tertiary/aromatic N) is 1. The van der Waals surface area contributed by atoms with E-state index in [-0.39, 0.29) is 21.7 Å². The molecule has 5 aliphatic rings. The van der Waals surface area contributed by atoms with Gasteiger partial charge < -0.3 is 18.2 Å². The normalized spacial score (nSPS) is 15.4. The first kappa shape index (κ1) is 77.4. The highest BCUT2D eigenvalue weighted by atomic mass is 16.3. The topological polar surface area (TPSA) is 42.7 Å². The lowest BCUT2D eigenvalue weighted by Crippen LogP contribution is -2.27. The first-order valence-electron chi connectivity index (χ1n) is 46.7. The van der Waals surface area contributed by atoms with Gasteiger partial charge in [-0.05, 0) is 216 Å². The van der Waals surface area contributed by atoms with Crippen LogP contribution in [0, 0.1) is 0 Å². The van der Waals surface area contributed by atoms with Gasteiger partial charge in [-0.1, -0.05) is 357 Å². The van der Waals surface area contributed by atoms with E-state index in [2.05, 4.69) is 286 Å². The van der Waals surface area contributed by atoms with Crippen LogP contribution in [-0.2, 0) is 27.1 Å². The average Bonchev–Trinajstić information content (AvgIpc) is 1.52. The van der Waals surface area contributed by atoms with Crippen molar-refractivity contribution in [3.05, 3.63) is 268 Å². The number of hydrogen-bond acceptors (Lipinski definition) is 4. The highest BCUT2D eigenvalue weighted by molar-refractivity contribution is 6.22. The molecule has 0 saturated heterocycles. The van der Waals surface area contributed by atoms with E-state index in [1.165, 1.54) is 298 Å². The highest BCUT2D eigenvalue weighted by Gasteiger charge is 2.52. The van der Waals surface area contributed by atoms with Crippen LogP contribution in [0.3, 0.4) is 0 Å². The van der Waals surface area contributed by atoms with Gasteiger partial charge in [-0.3, -0.25) is 0 Å². The molecule has 0 radical (unpaired) electrons. The first-order chi connectivity index (χ1) is 58.2. The molecule has 0 unspecified atom stereocenters. The Balaban J connectivity index is 0.824. The molecular weight excluding hydrogens is 1440 g/mol. The second-order valence-electron chi connectivity index (χ2n) is 38.4. The monoisotopic (exact) mass is 1560 g/mol. The van der Waals surface area contributed by atoms with Crippen molar-refractivity contribution in [2.75, 3.05) is 4.90 Å². The highest BCUT2D eigenvalue weighted by Crippen LogP contribution is 2.67. The fourth-order valence-electron chi connectivity index (χ4n) is 24.2. The van der Waals surface area contributed by atoms with Crippen molar-refractivity contribution in [3.63, 3.8) is 0 Å². The zero-order chi connectivity index (χ0) is 81.1. The summed E-state index contributed by atoms with van der Waals surface area (Å²) in [5, 5.41) is 7.35. The van der Waals surface area contributed by atoms with Gasteiger partial charge in [-0.15, -0.1) is 0 Å². The number of anilines is 3. The molecule has 0 spiro atoms. The molecule has 4 heteroatoms. The lowest BCUT2D eigenvalue weighted by atomic mass is 9.68. The van der Waals surface area contributed by atoms with Gasteiger partial charge in [-0.2, -0.15) is 0 Å². The molecule has 119 heavy (non-hydrogen) atoms. The molecule has 0 N–H and O–H groups in total. The molecule has 0 amide bonds. The Bertz CT molecular complexity index is 6400. The molecule has 0 bridgehead atoms. The smallest absolute Gasteiger partial charge is 0.144 e. The van der Waals surface area contributed by atoms with E-state index >= 15 is 0 Å². The Hall–Kier alpha value is -10.2. The standard InChI is InChI=1S/C115H121NO3/c1-11-15-19-23-27-42-64-114(65-43-28-24-20-16-12-2)89-62-63-99-102(82-49-35-39-53-96(82)117-99)101(89)87-73-93-86(72-94(87)114)78-59-56-77(70-92(78)115(93,66-44-29-25-21-17-13-3)67-45-30-26-22-18-14-4)116(75-57-60-80-90(68-75)111(5,6)95-71-85(74-46-32-31-33-47-74)109-104(100(80)95)83-50-36-40-54-97(83)118-109)76-58-61-81-91(69-76)113(9,10)107-103(81)105-84-51-37-41-55-98(84)119-110(105)106-79-48-34-38-52-88(79)112(7,8)108(106)107/h31-41,46-63,68-73H,11-30,42-45,64-67H2,1-10H3. The van der Waals surface area contributed by atoms with Crippen LogP contribution in [0.25, 0.3) is 133 Å². The van der Waals surface area contributed by atoms with Gasteiger partial charge in [-0.25, -0.2) is 0 Å². The summed E-state index contributed by atoms with van der Waals surface area (Å²) in [6.45, 7) is 24.4. The van der Waals surface area contributed by atoms with Crippen molar-refractivity contribution >= 4 is 82.9 Å². The molecular formula is C115H121NO3. The third-order valence-electron chi connectivity index (χ3n) is 30.2. The molecule has 4 nitrogen and oxygen atoms in total.